The number of nitrogens with one attached hydrogen (secondary N) is 1. The summed E-state index contributed by atoms with van der Waals surface area (Å²) in [6.45, 7) is 2.54. The largest absolute Gasteiger partial charge is 0.317 e. The molecular formula is C25H23ClN4OS. The number of aromatic nitrogens is 3. The van der Waals surface area contributed by atoms with Gasteiger partial charge in [-0.15, -0.1) is 11.3 Å². The highest BCUT2D eigenvalue weighted by atomic mass is 35.5. The number of benzene rings is 2. The zero-order valence-corrected chi connectivity index (χ0v) is 19.1. The molecule has 1 aliphatic rings. The van der Waals surface area contributed by atoms with Gasteiger partial charge in [-0.25, -0.2) is 9.67 Å². The number of hydrogen-bond acceptors (Lipinski definition) is 5. The van der Waals surface area contributed by atoms with E-state index < -0.39 is 0 Å². The molecule has 5 nitrogen and oxygen atoms in total. The Balaban J connectivity index is 1.39. The molecule has 5 rings (SSSR count). The Labute approximate surface area is 195 Å². The molecule has 1 aliphatic heterocycles. The van der Waals surface area contributed by atoms with E-state index in [1.807, 2.05) is 42.6 Å². The van der Waals surface area contributed by atoms with Gasteiger partial charge in [0.05, 0.1) is 12.2 Å². The van der Waals surface area contributed by atoms with Crippen molar-refractivity contribution in [1.82, 2.24) is 20.1 Å². The van der Waals surface area contributed by atoms with Gasteiger partial charge < -0.3 is 5.32 Å². The van der Waals surface area contributed by atoms with Gasteiger partial charge in [0.2, 0.25) is 0 Å². The van der Waals surface area contributed by atoms with Crippen LogP contribution in [-0.2, 0) is 6.54 Å². The molecule has 1 saturated heterocycles. The van der Waals surface area contributed by atoms with Crippen LogP contribution in [0.5, 0.6) is 0 Å². The Morgan fingerprint density at radius 1 is 1.03 bits per heavy atom. The third-order valence-corrected chi connectivity index (χ3v) is 7.20. The van der Waals surface area contributed by atoms with Crippen molar-refractivity contribution >= 4 is 22.9 Å². The first-order valence-corrected chi connectivity index (χ1v) is 11.9. The molecule has 0 aliphatic carbocycles. The SMILES string of the molecule is O=c1ccc(-c2cccc(Cl)c2)nn1Cc1cccc(-c2ncc(C3CCNCC3)s2)c1. The molecule has 3 heterocycles. The van der Waals surface area contributed by atoms with Crippen LogP contribution in [0, 0.1) is 0 Å². The summed E-state index contributed by atoms with van der Waals surface area (Å²) >= 11 is 7.89. The molecule has 162 valence electrons. The number of rotatable bonds is 5. The monoisotopic (exact) mass is 462 g/mol. The topological polar surface area (TPSA) is 59.8 Å². The second-order valence-electron chi connectivity index (χ2n) is 8.02. The Hall–Kier alpha value is -2.80. The second-order valence-corrected chi connectivity index (χ2v) is 9.52. The van der Waals surface area contributed by atoms with E-state index in [0.717, 1.165) is 40.5 Å². The van der Waals surface area contributed by atoms with Crippen molar-refractivity contribution in [3.63, 3.8) is 0 Å². The van der Waals surface area contributed by atoms with E-state index in [0.29, 0.717) is 17.5 Å². The molecule has 0 radical (unpaired) electrons. The van der Waals surface area contributed by atoms with Gasteiger partial charge in [0.25, 0.3) is 5.56 Å². The number of nitrogens with zero attached hydrogens (tertiary/aromatic N) is 3. The molecule has 2 aromatic heterocycles. The van der Waals surface area contributed by atoms with Crippen molar-refractivity contribution in [2.75, 3.05) is 13.1 Å². The summed E-state index contributed by atoms with van der Waals surface area (Å²) in [6.07, 6.45) is 4.36. The number of hydrogen-bond donors (Lipinski definition) is 1. The maximum absolute atomic E-state index is 12.5. The van der Waals surface area contributed by atoms with Gasteiger partial charge in [0.1, 0.15) is 5.01 Å². The Morgan fingerprint density at radius 2 is 1.84 bits per heavy atom. The highest BCUT2D eigenvalue weighted by Crippen LogP contribution is 2.34. The van der Waals surface area contributed by atoms with E-state index in [-0.39, 0.29) is 5.56 Å². The summed E-state index contributed by atoms with van der Waals surface area (Å²) in [7, 11) is 0. The van der Waals surface area contributed by atoms with E-state index in [9.17, 15) is 4.79 Å². The highest BCUT2D eigenvalue weighted by molar-refractivity contribution is 7.15. The van der Waals surface area contributed by atoms with Crippen LogP contribution >= 0.6 is 22.9 Å². The fourth-order valence-corrected chi connectivity index (χ4v) is 5.33. The summed E-state index contributed by atoms with van der Waals surface area (Å²) in [5, 5.41) is 9.65. The molecule has 1 fully saturated rings. The van der Waals surface area contributed by atoms with E-state index in [2.05, 4.69) is 22.5 Å². The molecule has 0 amide bonds. The third kappa shape index (κ3) is 4.67. The fraction of sp³-hybridized carbons (Fsp3) is 0.240. The Kier molecular flexibility index (Phi) is 6.17. The van der Waals surface area contributed by atoms with Crippen LogP contribution in [0.2, 0.25) is 5.02 Å². The van der Waals surface area contributed by atoms with Crippen molar-refractivity contribution in [2.45, 2.75) is 25.3 Å². The standard InChI is InChI=1S/C25H23ClN4OS/c26-21-6-2-4-19(14-21)22-7-8-24(31)30(29-22)16-17-3-1-5-20(13-17)25-28-15-23(32-25)18-9-11-27-12-10-18/h1-8,13-15,18,27H,9-12,16H2. The average molecular weight is 463 g/mol. The average Bonchev–Trinajstić information content (AvgIpc) is 3.32. The quantitative estimate of drug-likeness (QED) is 0.442. The van der Waals surface area contributed by atoms with Crippen LogP contribution in [0.1, 0.15) is 29.2 Å². The lowest BCUT2D eigenvalue weighted by Crippen LogP contribution is -2.26. The molecule has 32 heavy (non-hydrogen) atoms. The molecule has 7 heteroatoms. The zero-order chi connectivity index (χ0) is 21.9. The Bertz CT molecular complexity index is 1290. The van der Waals surface area contributed by atoms with Gasteiger partial charge in [-0.05, 0) is 61.7 Å². The summed E-state index contributed by atoms with van der Waals surface area (Å²) in [6, 6.07) is 19.0. The lowest BCUT2D eigenvalue weighted by atomic mass is 9.97. The van der Waals surface area contributed by atoms with Crippen molar-refractivity contribution in [3.8, 4) is 21.8 Å². The van der Waals surface area contributed by atoms with E-state index in [4.69, 9.17) is 16.6 Å². The molecular weight excluding hydrogens is 440 g/mol. The summed E-state index contributed by atoms with van der Waals surface area (Å²) < 4.78 is 1.50. The predicted octanol–water partition coefficient (Wildman–Crippen LogP) is 5.20. The first kappa shape index (κ1) is 21.1. The summed E-state index contributed by atoms with van der Waals surface area (Å²) in [5.41, 5.74) is 3.55. The lowest BCUT2D eigenvalue weighted by molar-refractivity contribution is 0.465. The lowest BCUT2D eigenvalue weighted by Gasteiger charge is -2.20. The fourth-order valence-electron chi connectivity index (χ4n) is 4.05. The van der Waals surface area contributed by atoms with Gasteiger partial charge in [0, 0.05) is 33.3 Å². The van der Waals surface area contributed by atoms with Gasteiger partial charge in [-0.1, -0.05) is 41.9 Å². The first-order chi connectivity index (χ1) is 15.7. The summed E-state index contributed by atoms with van der Waals surface area (Å²) in [5.74, 6) is 0.600. The maximum atomic E-state index is 12.5. The molecule has 0 saturated carbocycles. The van der Waals surface area contributed by atoms with Crippen molar-refractivity contribution in [2.24, 2.45) is 0 Å². The smallest absolute Gasteiger partial charge is 0.267 e. The van der Waals surface area contributed by atoms with E-state index in [1.165, 1.54) is 22.4 Å². The number of thiazole rings is 1. The van der Waals surface area contributed by atoms with Crippen LogP contribution in [0.25, 0.3) is 21.8 Å². The first-order valence-electron chi connectivity index (χ1n) is 10.8. The van der Waals surface area contributed by atoms with Gasteiger partial charge in [-0.3, -0.25) is 4.79 Å². The van der Waals surface area contributed by atoms with Crippen LogP contribution in [0.4, 0.5) is 0 Å². The van der Waals surface area contributed by atoms with Crippen molar-refractivity contribution in [3.05, 3.63) is 92.7 Å². The minimum absolute atomic E-state index is 0.136. The second kappa shape index (κ2) is 9.36. The molecule has 2 aromatic carbocycles. The van der Waals surface area contributed by atoms with Crippen LogP contribution in [-0.4, -0.2) is 27.9 Å². The van der Waals surface area contributed by atoms with Crippen molar-refractivity contribution in [1.29, 1.82) is 0 Å². The highest BCUT2D eigenvalue weighted by Gasteiger charge is 2.18. The maximum Gasteiger partial charge on any atom is 0.267 e. The molecule has 0 unspecified atom stereocenters. The van der Waals surface area contributed by atoms with Crippen LogP contribution < -0.4 is 10.9 Å². The van der Waals surface area contributed by atoms with Gasteiger partial charge >= 0.3 is 0 Å². The number of piperidine rings is 1. The molecule has 0 spiro atoms. The zero-order valence-electron chi connectivity index (χ0n) is 17.5. The number of halogens is 1. The Morgan fingerprint density at radius 3 is 2.69 bits per heavy atom. The normalized spacial score (nSPS) is 14.5. The van der Waals surface area contributed by atoms with Crippen LogP contribution in [0.15, 0.2) is 71.7 Å². The van der Waals surface area contributed by atoms with E-state index in [1.54, 1.807) is 23.5 Å². The van der Waals surface area contributed by atoms with Gasteiger partial charge in [-0.2, -0.15) is 5.10 Å². The molecule has 0 bridgehead atoms. The minimum atomic E-state index is -0.136. The molecule has 1 N–H and O–H groups in total. The molecule has 4 aromatic rings. The summed E-state index contributed by atoms with van der Waals surface area (Å²) in [4.78, 5) is 18.5. The third-order valence-electron chi connectivity index (χ3n) is 5.76. The molecule has 0 atom stereocenters. The predicted molar refractivity (Wildman–Crippen MR) is 130 cm³/mol. The van der Waals surface area contributed by atoms with Gasteiger partial charge in [0.15, 0.2) is 0 Å². The van der Waals surface area contributed by atoms with E-state index >= 15 is 0 Å². The van der Waals surface area contributed by atoms with Crippen LogP contribution in [0.3, 0.4) is 0 Å². The minimum Gasteiger partial charge on any atom is -0.317 e. The van der Waals surface area contributed by atoms with Crippen molar-refractivity contribution < 1.29 is 0 Å².